The molecule has 0 amide bonds. The lowest BCUT2D eigenvalue weighted by molar-refractivity contribution is 0.481. The van der Waals surface area contributed by atoms with Crippen molar-refractivity contribution in [2.45, 2.75) is 33.4 Å². The van der Waals surface area contributed by atoms with E-state index in [0.29, 0.717) is 23.0 Å². The molecule has 0 unspecified atom stereocenters. The van der Waals surface area contributed by atoms with Gasteiger partial charge in [0.25, 0.3) is 0 Å². The van der Waals surface area contributed by atoms with E-state index in [9.17, 15) is 16.8 Å². The highest BCUT2D eigenvalue weighted by atomic mass is 32.2. The smallest absolute Gasteiger partial charge is 0.206 e. The van der Waals surface area contributed by atoms with Gasteiger partial charge in [0.2, 0.25) is 19.7 Å². The standard InChI is InChI=1S/C38H30O6S2/c1-27-3-19-35(20-4-27)45(39,40)37-23-15-33(16-24-37)43-31-11-7-29(8-12-31)30-9-13-32(14-10-30)44-34-17-25-38(26-18-34)46(41,42)36-21-5-28(2)6-22-36/h3-26H,1-2H3. The highest BCUT2D eigenvalue weighted by molar-refractivity contribution is 7.91. The summed E-state index contributed by atoms with van der Waals surface area (Å²) in [7, 11) is -7.21. The van der Waals surface area contributed by atoms with E-state index >= 15 is 0 Å². The summed E-state index contributed by atoms with van der Waals surface area (Å²) in [6.45, 7) is 3.82. The van der Waals surface area contributed by atoms with Crippen LogP contribution >= 0.6 is 0 Å². The quantitative estimate of drug-likeness (QED) is 0.156. The normalized spacial score (nSPS) is 11.6. The van der Waals surface area contributed by atoms with Crippen LogP contribution in [0.5, 0.6) is 23.0 Å². The molecule has 0 saturated carbocycles. The van der Waals surface area contributed by atoms with E-state index in [0.717, 1.165) is 22.3 Å². The molecule has 6 nitrogen and oxygen atoms in total. The van der Waals surface area contributed by atoms with Crippen LogP contribution in [0.2, 0.25) is 0 Å². The summed E-state index contributed by atoms with van der Waals surface area (Å²) in [5, 5.41) is 0. The Labute approximate surface area is 269 Å². The van der Waals surface area contributed by atoms with Gasteiger partial charge in [-0.15, -0.1) is 0 Å². The third kappa shape index (κ3) is 6.73. The fourth-order valence-electron chi connectivity index (χ4n) is 4.78. The van der Waals surface area contributed by atoms with Gasteiger partial charge in [-0.25, -0.2) is 16.8 Å². The summed E-state index contributed by atoms with van der Waals surface area (Å²) in [6, 6.07) is 41.5. The number of benzene rings is 6. The van der Waals surface area contributed by atoms with E-state index < -0.39 is 19.7 Å². The maximum atomic E-state index is 12.9. The molecule has 0 aliphatic carbocycles. The minimum absolute atomic E-state index is 0.203. The van der Waals surface area contributed by atoms with Crippen LogP contribution in [0.3, 0.4) is 0 Å². The largest absolute Gasteiger partial charge is 0.457 e. The summed E-state index contributed by atoms with van der Waals surface area (Å²) in [4.78, 5) is 0.912. The second kappa shape index (κ2) is 12.7. The van der Waals surface area contributed by atoms with Crippen LogP contribution in [-0.2, 0) is 19.7 Å². The molecule has 46 heavy (non-hydrogen) atoms. The Hall–Kier alpha value is -5.18. The van der Waals surface area contributed by atoms with Gasteiger partial charge in [-0.1, -0.05) is 59.7 Å². The molecule has 0 atom stereocenters. The summed E-state index contributed by atoms with van der Waals surface area (Å²) in [5.74, 6) is 2.28. The first-order valence-corrected chi connectivity index (χ1v) is 17.4. The predicted molar refractivity (Wildman–Crippen MR) is 178 cm³/mol. The van der Waals surface area contributed by atoms with Crippen molar-refractivity contribution in [3.8, 4) is 34.1 Å². The van der Waals surface area contributed by atoms with Crippen LogP contribution in [0, 0.1) is 13.8 Å². The van der Waals surface area contributed by atoms with Gasteiger partial charge >= 0.3 is 0 Å². The number of ether oxygens (including phenoxy) is 2. The molecule has 8 heteroatoms. The summed E-state index contributed by atoms with van der Waals surface area (Å²) >= 11 is 0. The van der Waals surface area contributed by atoms with E-state index in [4.69, 9.17) is 9.47 Å². The Kier molecular flexibility index (Phi) is 8.49. The van der Waals surface area contributed by atoms with E-state index in [1.165, 1.54) is 0 Å². The molecule has 0 aromatic heterocycles. The van der Waals surface area contributed by atoms with Gasteiger partial charge in [-0.05, 0) is 122 Å². The minimum Gasteiger partial charge on any atom is -0.457 e. The van der Waals surface area contributed by atoms with Crippen LogP contribution in [-0.4, -0.2) is 16.8 Å². The number of sulfone groups is 2. The van der Waals surface area contributed by atoms with Crippen molar-refractivity contribution < 1.29 is 26.3 Å². The predicted octanol–water partition coefficient (Wildman–Crippen LogP) is 9.22. The average molecular weight is 647 g/mol. The lowest BCUT2D eigenvalue weighted by Crippen LogP contribution is -2.01. The lowest BCUT2D eigenvalue weighted by Gasteiger charge is -2.10. The Balaban J connectivity index is 1.07. The molecule has 0 saturated heterocycles. The van der Waals surface area contributed by atoms with Gasteiger partial charge in [0, 0.05) is 0 Å². The van der Waals surface area contributed by atoms with E-state index in [-0.39, 0.29) is 19.6 Å². The lowest BCUT2D eigenvalue weighted by atomic mass is 10.1. The van der Waals surface area contributed by atoms with E-state index in [1.54, 1.807) is 97.1 Å². The first-order chi connectivity index (χ1) is 22.1. The number of hydrogen-bond donors (Lipinski definition) is 0. The number of hydrogen-bond acceptors (Lipinski definition) is 6. The number of rotatable bonds is 9. The Morgan fingerprint density at radius 2 is 0.543 bits per heavy atom. The highest BCUT2D eigenvalue weighted by Gasteiger charge is 2.18. The molecule has 6 aromatic rings. The van der Waals surface area contributed by atoms with Crippen LogP contribution < -0.4 is 9.47 Å². The SMILES string of the molecule is Cc1ccc(S(=O)(=O)c2ccc(Oc3ccc(-c4ccc(Oc5ccc(S(=O)(=O)c6ccc(C)cc6)cc5)cc4)cc3)cc2)cc1. The summed E-state index contributed by atoms with van der Waals surface area (Å²) < 4.78 is 63.6. The minimum atomic E-state index is -3.61. The van der Waals surface area contributed by atoms with Gasteiger partial charge in [-0.3, -0.25) is 0 Å². The molecule has 230 valence electrons. The molecular weight excluding hydrogens is 617 g/mol. The molecule has 0 radical (unpaired) electrons. The van der Waals surface area contributed by atoms with Crippen LogP contribution in [0.1, 0.15) is 11.1 Å². The van der Waals surface area contributed by atoms with Crippen molar-refractivity contribution in [3.05, 3.63) is 157 Å². The first-order valence-electron chi connectivity index (χ1n) is 14.5. The maximum Gasteiger partial charge on any atom is 0.206 e. The maximum absolute atomic E-state index is 12.9. The molecule has 0 heterocycles. The molecule has 0 aliphatic rings. The fourth-order valence-corrected chi connectivity index (χ4v) is 7.31. The van der Waals surface area contributed by atoms with Crippen molar-refractivity contribution in [1.82, 2.24) is 0 Å². The van der Waals surface area contributed by atoms with Gasteiger partial charge in [-0.2, -0.15) is 0 Å². The van der Waals surface area contributed by atoms with E-state index in [1.807, 2.05) is 62.4 Å². The summed E-state index contributed by atoms with van der Waals surface area (Å²) in [6.07, 6.45) is 0. The van der Waals surface area contributed by atoms with Gasteiger partial charge in [0.1, 0.15) is 23.0 Å². The Morgan fingerprint density at radius 1 is 0.326 bits per heavy atom. The fraction of sp³-hybridized carbons (Fsp3) is 0.0526. The Bertz CT molecular complexity index is 2010. The molecule has 0 aliphatic heterocycles. The number of aryl methyl sites for hydroxylation is 2. The van der Waals surface area contributed by atoms with Gasteiger partial charge in [0.15, 0.2) is 0 Å². The van der Waals surface area contributed by atoms with Crippen molar-refractivity contribution in [2.75, 3.05) is 0 Å². The zero-order chi connectivity index (χ0) is 32.3. The van der Waals surface area contributed by atoms with Gasteiger partial charge in [0.05, 0.1) is 19.6 Å². The molecular formula is C38H30O6S2. The molecule has 0 N–H and O–H groups in total. The Morgan fingerprint density at radius 3 is 0.804 bits per heavy atom. The topological polar surface area (TPSA) is 86.7 Å². The summed E-state index contributed by atoms with van der Waals surface area (Å²) in [5.41, 5.74) is 3.94. The third-order valence-electron chi connectivity index (χ3n) is 7.44. The monoisotopic (exact) mass is 646 g/mol. The van der Waals surface area contributed by atoms with Gasteiger partial charge < -0.3 is 9.47 Å². The average Bonchev–Trinajstić information content (AvgIpc) is 3.06. The first kappa shape index (κ1) is 30.8. The molecule has 6 rings (SSSR count). The van der Waals surface area contributed by atoms with Crippen LogP contribution in [0.25, 0.3) is 11.1 Å². The molecule has 0 bridgehead atoms. The van der Waals surface area contributed by atoms with Crippen molar-refractivity contribution >= 4 is 19.7 Å². The van der Waals surface area contributed by atoms with Crippen molar-refractivity contribution in [1.29, 1.82) is 0 Å². The van der Waals surface area contributed by atoms with Crippen molar-refractivity contribution in [3.63, 3.8) is 0 Å². The second-order valence-electron chi connectivity index (χ2n) is 10.8. The molecule has 6 aromatic carbocycles. The zero-order valence-electron chi connectivity index (χ0n) is 25.1. The second-order valence-corrected chi connectivity index (χ2v) is 14.7. The third-order valence-corrected chi connectivity index (χ3v) is 11.0. The van der Waals surface area contributed by atoms with Crippen molar-refractivity contribution in [2.24, 2.45) is 0 Å². The molecule has 0 spiro atoms. The molecule has 0 fully saturated rings. The zero-order valence-corrected chi connectivity index (χ0v) is 26.8. The van der Waals surface area contributed by atoms with E-state index in [2.05, 4.69) is 0 Å². The highest BCUT2D eigenvalue weighted by Crippen LogP contribution is 2.31. The van der Waals surface area contributed by atoms with Crippen LogP contribution in [0.15, 0.2) is 165 Å². The van der Waals surface area contributed by atoms with Crippen LogP contribution in [0.4, 0.5) is 0 Å².